The molecule has 26 heavy (non-hydrogen) atoms. The molecule has 2 aromatic carbocycles. The molecule has 8 heteroatoms. The number of hydrogen-bond acceptors (Lipinski definition) is 2. The number of rotatable bonds is 3. The minimum atomic E-state index is -4.49. The van der Waals surface area contributed by atoms with Crippen molar-refractivity contribution in [1.29, 1.82) is 0 Å². The molecule has 3 rings (SSSR count). The van der Waals surface area contributed by atoms with Gasteiger partial charge in [-0.25, -0.2) is 12.7 Å². The van der Waals surface area contributed by atoms with Crippen LogP contribution in [0.25, 0.3) is 0 Å². The number of alkyl halides is 4. The summed E-state index contributed by atoms with van der Waals surface area (Å²) in [6.45, 7) is 2.98. The summed E-state index contributed by atoms with van der Waals surface area (Å²) >= 11 is 6.39. The summed E-state index contributed by atoms with van der Waals surface area (Å²) in [5, 5.41) is 0. The SMILES string of the molecule is Cc1ccccc1S(=O)(=O)N1c2ccccc2C(C)(CC(F)(F)F)C1Cl. The number of aryl methyl sites for hydroxylation is 1. The van der Waals surface area contributed by atoms with Crippen molar-refractivity contribution in [2.45, 2.75) is 42.3 Å². The molecule has 1 heterocycles. The highest BCUT2D eigenvalue weighted by molar-refractivity contribution is 7.93. The van der Waals surface area contributed by atoms with E-state index in [9.17, 15) is 21.6 Å². The second-order valence-corrected chi connectivity index (χ2v) is 8.83. The molecule has 0 spiro atoms. The predicted octanol–water partition coefficient (Wildman–Crippen LogP) is 4.98. The van der Waals surface area contributed by atoms with Crippen molar-refractivity contribution in [3.63, 3.8) is 0 Å². The standard InChI is InChI=1S/C18H17ClF3NO2S/c1-12-7-3-6-10-15(12)26(24,25)23-14-9-5-4-8-13(14)17(2,16(23)19)11-18(20,21)22/h3-10,16H,11H2,1-2H3. The fourth-order valence-corrected chi connectivity index (χ4v) is 5.90. The van der Waals surface area contributed by atoms with Crippen LogP contribution in [-0.4, -0.2) is 20.1 Å². The first-order valence-electron chi connectivity index (χ1n) is 7.89. The van der Waals surface area contributed by atoms with Crippen LogP contribution < -0.4 is 4.31 Å². The minimum Gasteiger partial charge on any atom is -0.247 e. The Morgan fingerprint density at radius 1 is 1.12 bits per heavy atom. The molecule has 0 fully saturated rings. The molecule has 1 aliphatic heterocycles. The zero-order valence-electron chi connectivity index (χ0n) is 14.1. The van der Waals surface area contributed by atoms with Crippen molar-refractivity contribution in [3.05, 3.63) is 59.7 Å². The van der Waals surface area contributed by atoms with Crippen LogP contribution in [0, 0.1) is 6.92 Å². The highest BCUT2D eigenvalue weighted by Crippen LogP contribution is 2.53. The average Bonchev–Trinajstić information content (AvgIpc) is 2.74. The lowest BCUT2D eigenvalue weighted by molar-refractivity contribution is -0.146. The second kappa shape index (κ2) is 6.16. The zero-order valence-corrected chi connectivity index (χ0v) is 15.7. The molecule has 0 aliphatic carbocycles. The molecule has 2 aromatic rings. The first-order chi connectivity index (χ1) is 12.0. The summed E-state index contributed by atoms with van der Waals surface area (Å²) in [6.07, 6.45) is -5.71. The molecule has 0 radical (unpaired) electrons. The quantitative estimate of drug-likeness (QED) is 0.535. The lowest BCUT2D eigenvalue weighted by atomic mass is 9.81. The second-order valence-electron chi connectivity index (χ2n) is 6.63. The Kier molecular flexibility index (Phi) is 4.51. The molecular weight excluding hydrogens is 387 g/mol. The van der Waals surface area contributed by atoms with E-state index < -0.39 is 33.5 Å². The van der Waals surface area contributed by atoms with Crippen LogP contribution >= 0.6 is 11.6 Å². The predicted molar refractivity (Wildman–Crippen MR) is 95.0 cm³/mol. The topological polar surface area (TPSA) is 37.4 Å². The van der Waals surface area contributed by atoms with E-state index in [4.69, 9.17) is 11.6 Å². The number of nitrogens with zero attached hydrogens (tertiary/aromatic N) is 1. The van der Waals surface area contributed by atoms with Crippen molar-refractivity contribution in [2.24, 2.45) is 0 Å². The van der Waals surface area contributed by atoms with Gasteiger partial charge >= 0.3 is 6.18 Å². The van der Waals surface area contributed by atoms with E-state index in [1.165, 1.54) is 25.1 Å². The van der Waals surface area contributed by atoms with Gasteiger partial charge in [-0.15, -0.1) is 0 Å². The van der Waals surface area contributed by atoms with Crippen LogP contribution in [0.15, 0.2) is 53.4 Å². The van der Waals surface area contributed by atoms with Gasteiger partial charge in [-0.1, -0.05) is 54.9 Å². The van der Waals surface area contributed by atoms with Gasteiger partial charge in [-0.3, -0.25) is 0 Å². The van der Waals surface area contributed by atoms with E-state index in [2.05, 4.69) is 0 Å². The summed E-state index contributed by atoms with van der Waals surface area (Å²) in [4.78, 5) is 0.0247. The molecule has 3 nitrogen and oxygen atoms in total. The molecule has 2 unspecified atom stereocenters. The molecule has 0 N–H and O–H groups in total. The highest BCUT2D eigenvalue weighted by atomic mass is 35.5. The number of benzene rings is 2. The van der Waals surface area contributed by atoms with Crippen LogP contribution in [0.4, 0.5) is 18.9 Å². The van der Waals surface area contributed by atoms with Crippen molar-refractivity contribution < 1.29 is 21.6 Å². The maximum Gasteiger partial charge on any atom is 0.390 e. The minimum absolute atomic E-state index is 0.0247. The first-order valence-corrected chi connectivity index (χ1v) is 9.76. The van der Waals surface area contributed by atoms with Crippen molar-refractivity contribution >= 4 is 27.3 Å². The van der Waals surface area contributed by atoms with Gasteiger partial charge in [-0.2, -0.15) is 13.2 Å². The van der Waals surface area contributed by atoms with E-state index >= 15 is 0 Å². The number of para-hydroxylation sites is 1. The number of halogens is 4. The average molecular weight is 404 g/mol. The van der Waals surface area contributed by atoms with Gasteiger partial charge in [0.25, 0.3) is 10.0 Å². The monoisotopic (exact) mass is 403 g/mol. The third-order valence-electron chi connectivity index (χ3n) is 4.69. The normalized spacial score (nSPS) is 23.2. The third kappa shape index (κ3) is 2.97. The first kappa shape index (κ1) is 19.0. The van der Waals surface area contributed by atoms with E-state index in [1.54, 1.807) is 37.3 Å². The summed E-state index contributed by atoms with van der Waals surface area (Å²) in [7, 11) is -4.12. The molecule has 2 atom stereocenters. The molecule has 0 saturated heterocycles. The van der Waals surface area contributed by atoms with Gasteiger partial charge in [0.15, 0.2) is 0 Å². The Bertz CT molecular complexity index is 945. The molecule has 0 bridgehead atoms. The lowest BCUT2D eigenvalue weighted by Crippen LogP contribution is -2.44. The van der Waals surface area contributed by atoms with Crippen molar-refractivity contribution in [3.8, 4) is 0 Å². The summed E-state index contributed by atoms with van der Waals surface area (Å²) in [5.74, 6) is 0. The van der Waals surface area contributed by atoms with Gasteiger partial charge < -0.3 is 0 Å². The Morgan fingerprint density at radius 3 is 2.31 bits per heavy atom. The Labute approximate surface area is 155 Å². The maximum atomic E-state index is 13.2. The molecular formula is C18H17ClF3NO2S. The van der Waals surface area contributed by atoms with Crippen molar-refractivity contribution in [1.82, 2.24) is 0 Å². The number of fused-ring (bicyclic) bond motifs is 1. The number of hydrogen-bond donors (Lipinski definition) is 0. The summed E-state index contributed by atoms with van der Waals surface area (Å²) < 4.78 is 67.0. The van der Waals surface area contributed by atoms with Gasteiger partial charge in [-0.05, 0) is 30.2 Å². The van der Waals surface area contributed by atoms with Gasteiger partial charge in [0.1, 0.15) is 5.50 Å². The van der Waals surface area contributed by atoms with E-state index in [0.717, 1.165) is 4.31 Å². The molecule has 0 amide bonds. The maximum absolute atomic E-state index is 13.2. The Morgan fingerprint density at radius 2 is 1.69 bits per heavy atom. The fourth-order valence-electron chi connectivity index (χ4n) is 3.46. The van der Waals surface area contributed by atoms with Crippen LogP contribution in [0.3, 0.4) is 0 Å². The fraction of sp³-hybridized carbons (Fsp3) is 0.333. The van der Waals surface area contributed by atoms with Crippen LogP contribution in [0.5, 0.6) is 0 Å². The zero-order chi connectivity index (χ0) is 19.3. The summed E-state index contributed by atoms with van der Waals surface area (Å²) in [5.41, 5.74) is -2.03. The smallest absolute Gasteiger partial charge is 0.247 e. The highest BCUT2D eigenvalue weighted by Gasteiger charge is 2.55. The van der Waals surface area contributed by atoms with E-state index in [1.807, 2.05) is 0 Å². The molecule has 1 aliphatic rings. The van der Waals surface area contributed by atoms with Gasteiger partial charge in [0.2, 0.25) is 0 Å². The van der Waals surface area contributed by atoms with Gasteiger partial charge in [0, 0.05) is 5.41 Å². The van der Waals surface area contributed by atoms with Gasteiger partial charge in [0.05, 0.1) is 17.0 Å². The molecule has 0 saturated carbocycles. The molecule has 0 aromatic heterocycles. The van der Waals surface area contributed by atoms with Crippen LogP contribution in [-0.2, 0) is 15.4 Å². The van der Waals surface area contributed by atoms with E-state index in [-0.39, 0.29) is 16.1 Å². The lowest BCUT2D eigenvalue weighted by Gasteiger charge is -2.32. The Balaban J connectivity index is 2.20. The number of sulfonamides is 1. The Hall–Kier alpha value is -1.73. The van der Waals surface area contributed by atoms with Crippen LogP contribution in [0.1, 0.15) is 24.5 Å². The summed E-state index contributed by atoms with van der Waals surface area (Å²) in [6, 6.07) is 12.5. The number of anilines is 1. The third-order valence-corrected chi connectivity index (χ3v) is 7.42. The molecule has 140 valence electrons. The van der Waals surface area contributed by atoms with Crippen LogP contribution in [0.2, 0.25) is 0 Å². The largest absolute Gasteiger partial charge is 0.390 e. The van der Waals surface area contributed by atoms with Crippen molar-refractivity contribution in [2.75, 3.05) is 4.31 Å². The van der Waals surface area contributed by atoms with E-state index in [0.29, 0.717) is 5.56 Å².